The third-order valence-electron chi connectivity index (χ3n) is 3.48. The number of ether oxygens (including phenoxy) is 1. The maximum absolute atomic E-state index is 5.99. The van der Waals surface area contributed by atoms with Crippen molar-refractivity contribution in [2.45, 2.75) is 32.3 Å². The Kier molecular flexibility index (Phi) is 5.67. The van der Waals surface area contributed by atoms with Crippen molar-refractivity contribution < 1.29 is 4.74 Å². The van der Waals surface area contributed by atoms with E-state index in [0.29, 0.717) is 5.92 Å². The Bertz CT molecular complexity index is 352. The number of halogens is 1. The Morgan fingerprint density at radius 3 is 2.83 bits per heavy atom. The molecule has 1 aliphatic rings. The lowest BCUT2D eigenvalue weighted by Crippen LogP contribution is -2.32. The molecule has 100 valence electrons. The van der Waals surface area contributed by atoms with Gasteiger partial charge in [0, 0.05) is 23.5 Å². The van der Waals surface area contributed by atoms with Gasteiger partial charge in [-0.15, -0.1) is 0 Å². The zero-order valence-electron chi connectivity index (χ0n) is 11.0. The second-order valence-electron chi connectivity index (χ2n) is 4.95. The van der Waals surface area contributed by atoms with E-state index >= 15 is 0 Å². The maximum Gasteiger partial charge on any atom is 0.0865 e. The maximum atomic E-state index is 5.99. The molecular formula is C15H22BrNO. The lowest BCUT2D eigenvalue weighted by atomic mass is 9.89. The van der Waals surface area contributed by atoms with Gasteiger partial charge in [0.05, 0.1) is 6.10 Å². The molecule has 0 spiro atoms. The highest BCUT2D eigenvalue weighted by Crippen LogP contribution is 2.33. The first-order valence-electron chi connectivity index (χ1n) is 6.89. The Morgan fingerprint density at radius 1 is 1.33 bits per heavy atom. The number of hydrogen-bond donors (Lipinski definition) is 1. The van der Waals surface area contributed by atoms with E-state index in [1.165, 1.54) is 24.8 Å². The van der Waals surface area contributed by atoms with Crippen molar-refractivity contribution in [1.29, 1.82) is 0 Å². The van der Waals surface area contributed by atoms with Crippen LogP contribution in [0.15, 0.2) is 28.7 Å². The molecule has 0 saturated carbocycles. The lowest BCUT2D eigenvalue weighted by Gasteiger charge is -2.32. The van der Waals surface area contributed by atoms with Gasteiger partial charge >= 0.3 is 0 Å². The summed E-state index contributed by atoms with van der Waals surface area (Å²) in [4.78, 5) is 0. The van der Waals surface area contributed by atoms with Gasteiger partial charge in [0.15, 0.2) is 0 Å². The topological polar surface area (TPSA) is 21.3 Å². The van der Waals surface area contributed by atoms with Crippen LogP contribution in [-0.4, -0.2) is 19.7 Å². The van der Waals surface area contributed by atoms with Crippen molar-refractivity contribution in [2.75, 3.05) is 19.7 Å². The van der Waals surface area contributed by atoms with Gasteiger partial charge in [-0.25, -0.2) is 0 Å². The highest BCUT2D eigenvalue weighted by Gasteiger charge is 2.26. The molecule has 1 N–H and O–H groups in total. The van der Waals surface area contributed by atoms with Gasteiger partial charge in [-0.1, -0.05) is 35.0 Å². The van der Waals surface area contributed by atoms with E-state index < -0.39 is 0 Å². The van der Waals surface area contributed by atoms with Crippen LogP contribution in [0.1, 0.15) is 37.9 Å². The molecule has 1 aromatic rings. The summed E-state index contributed by atoms with van der Waals surface area (Å²) >= 11 is 3.48. The molecule has 0 radical (unpaired) electrons. The summed E-state index contributed by atoms with van der Waals surface area (Å²) in [5.41, 5.74) is 1.31. The van der Waals surface area contributed by atoms with Crippen LogP contribution in [0.25, 0.3) is 0 Å². The average molecular weight is 312 g/mol. The lowest BCUT2D eigenvalue weighted by molar-refractivity contribution is -0.0277. The fourth-order valence-corrected chi connectivity index (χ4v) is 2.80. The van der Waals surface area contributed by atoms with Crippen LogP contribution < -0.4 is 5.32 Å². The zero-order valence-corrected chi connectivity index (χ0v) is 12.6. The molecule has 0 aromatic heterocycles. The number of hydrogen-bond acceptors (Lipinski definition) is 2. The van der Waals surface area contributed by atoms with E-state index in [0.717, 1.165) is 24.2 Å². The number of nitrogens with one attached hydrogen (secondary N) is 1. The average Bonchev–Trinajstić information content (AvgIpc) is 2.41. The van der Waals surface area contributed by atoms with Crippen LogP contribution in [0.4, 0.5) is 0 Å². The minimum atomic E-state index is 0.260. The van der Waals surface area contributed by atoms with Crippen LogP contribution in [-0.2, 0) is 4.74 Å². The molecule has 2 atom stereocenters. The van der Waals surface area contributed by atoms with Gasteiger partial charge in [-0.3, -0.25) is 0 Å². The fourth-order valence-electron chi connectivity index (χ4n) is 2.54. The van der Waals surface area contributed by atoms with Gasteiger partial charge < -0.3 is 10.1 Å². The van der Waals surface area contributed by atoms with Crippen molar-refractivity contribution >= 4 is 15.9 Å². The minimum Gasteiger partial charge on any atom is -0.373 e. The van der Waals surface area contributed by atoms with E-state index in [-0.39, 0.29) is 6.10 Å². The Labute approximate surface area is 118 Å². The predicted molar refractivity (Wildman–Crippen MR) is 78.7 cm³/mol. The molecule has 0 amide bonds. The standard InChI is InChI=1S/C15H22BrNO/c1-2-9-17-11-13-4-3-10-18-15(13)12-5-7-14(16)8-6-12/h5-8,13,15,17H,2-4,9-11H2,1H3. The summed E-state index contributed by atoms with van der Waals surface area (Å²) in [5.74, 6) is 0.603. The summed E-state index contributed by atoms with van der Waals surface area (Å²) in [6, 6.07) is 8.55. The summed E-state index contributed by atoms with van der Waals surface area (Å²) in [7, 11) is 0. The first kappa shape index (κ1) is 14.0. The Balaban J connectivity index is 2.00. The molecule has 1 heterocycles. The van der Waals surface area contributed by atoms with Gasteiger partial charge in [0.2, 0.25) is 0 Å². The third-order valence-corrected chi connectivity index (χ3v) is 4.01. The molecule has 1 saturated heterocycles. The van der Waals surface area contributed by atoms with Crippen LogP contribution in [0.2, 0.25) is 0 Å². The first-order chi connectivity index (χ1) is 8.81. The van der Waals surface area contributed by atoms with Crippen molar-refractivity contribution in [3.63, 3.8) is 0 Å². The van der Waals surface area contributed by atoms with Gasteiger partial charge in [0.1, 0.15) is 0 Å². The molecule has 3 heteroatoms. The van der Waals surface area contributed by atoms with Crippen molar-refractivity contribution in [3.8, 4) is 0 Å². The molecular weight excluding hydrogens is 290 g/mol. The van der Waals surface area contributed by atoms with Crippen LogP contribution in [0, 0.1) is 5.92 Å². The fraction of sp³-hybridized carbons (Fsp3) is 0.600. The zero-order chi connectivity index (χ0) is 12.8. The normalized spacial score (nSPS) is 24.1. The highest BCUT2D eigenvalue weighted by atomic mass is 79.9. The molecule has 2 unspecified atom stereocenters. The summed E-state index contributed by atoms with van der Waals surface area (Å²) in [5, 5.41) is 3.53. The van der Waals surface area contributed by atoms with Gasteiger partial charge in [-0.2, -0.15) is 0 Å². The molecule has 0 aliphatic carbocycles. The van der Waals surface area contributed by atoms with E-state index in [2.05, 4.69) is 52.4 Å². The SMILES string of the molecule is CCCNCC1CCCOC1c1ccc(Br)cc1. The van der Waals surface area contributed by atoms with E-state index in [4.69, 9.17) is 4.74 Å². The molecule has 2 nitrogen and oxygen atoms in total. The van der Waals surface area contributed by atoms with E-state index in [9.17, 15) is 0 Å². The largest absolute Gasteiger partial charge is 0.373 e. The van der Waals surface area contributed by atoms with Gasteiger partial charge in [0.25, 0.3) is 0 Å². The number of benzene rings is 1. The van der Waals surface area contributed by atoms with E-state index in [1.54, 1.807) is 0 Å². The van der Waals surface area contributed by atoms with Crippen LogP contribution in [0.3, 0.4) is 0 Å². The van der Waals surface area contributed by atoms with Gasteiger partial charge in [-0.05, 0) is 43.5 Å². The molecule has 18 heavy (non-hydrogen) atoms. The molecule has 1 fully saturated rings. The summed E-state index contributed by atoms with van der Waals surface area (Å²) in [6.45, 7) is 5.26. The van der Waals surface area contributed by atoms with Crippen molar-refractivity contribution in [1.82, 2.24) is 5.32 Å². The van der Waals surface area contributed by atoms with Crippen LogP contribution >= 0.6 is 15.9 Å². The van der Waals surface area contributed by atoms with Crippen molar-refractivity contribution in [2.24, 2.45) is 5.92 Å². The smallest absolute Gasteiger partial charge is 0.0865 e. The Morgan fingerprint density at radius 2 is 2.11 bits per heavy atom. The number of rotatable bonds is 5. The van der Waals surface area contributed by atoms with Crippen LogP contribution in [0.5, 0.6) is 0 Å². The van der Waals surface area contributed by atoms with E-state index in [1.807, 2.05) is 0 Å². The monoisotopic (exact) mass is 311 g/mol. The second kappa shape index (κ2) is 7.27. The molecule has 1 aromatic carbocycles. The molecule has 0 bridgehead atoms. The highest BCUT2D eigenvalue weighted by molar-refractivity contribution is 9.10. The third kappa shape index (κ3) is 3.81. The Hall–Kier alpha value is -0.380. The van der Waals surface area contributed by atoms with Crippen molar-refractivity contribution in [3.05, 3.63) is 34.3 Å². The first-order valence-corrected chi connectivity index (χ1v) is 7.68. The minimum absolute atomic E-state index is 0.260. The second-order valence-corrected chi connectivity index (χ2v) is 5.87. The molecule has 2 rings (SSSR count). The summed E-state index contributed by atoms with van der Waals surface area (Å²) < 4.78 is 7.12. The summed E-state index contributed by atoms with van der Waals surface area (Å²) in [6.07, 6.45) is 3.90. The quantitative estimate of drug-likeness (QED) is 0.832. The predicted octanol–water partition coefficient (Wildman–Crippen LogP) is 3.92. The molecule has 1 aliphatic heterocycles.